The topological polar surface area (TPSA) is 94.2 Å². The molecule has 9 heteroatoms. The van der Waals surface area contributed by atoms with Gasteiger partial charge in [-0.2, -0.15) is 0 Å². The van der Waals surface area contributed by atoms with Crippen molar-refractivity contribution in [2.75, 3.05) is 47.4 Å². The van der Waals surface area contributed by atoms with E-state index in [1.54, 1.807) is 11.9 Å². The number of piperidine rings is 1. The monoisotopic (exact) mass is 483 g/mol. The third kappa shape index (κ3) is 9.50. The minimum atomic E-state index is -0.604. The molecule has 2 rings (SSSR count). The van der Waals surface area contributed by atoms with Crippen LogP contribution in [0.15, 0.2) is 0 Å². The van der Waals surface area contributed by atoms with Gasteiger partial charge in [-0.05, 0) is 63.7 Å². The van der Waals surface area contributed by atoms with E-state index in [0.717, 1.165) is 19.4 Å². The number of hydrogen-bond acceptors (Lipinski definition) is 6. The fourth-order valence-corrected chi connectivity index (χ4v) is 4.71. The SMILES string of the molecule is CN1CCCCC1.CONC(=O)[C@@H]1CCCN1C[C@H](C(C)C)N(C)C(=O)[C@@H](NC=O)C(C)(C)C. The van der Waals surface area contributed by atoms with Crippen LogP contribution in [0.5, 0.6) is 0 Å². The van der Waals surface area contributed by atoms with Gasteiger partial charge in [0.15, 0.2) is 0 Å². The summed E-state index contributed by atoms with van der Waals surface area (Å²) in [5.41, 5.74) is 2.02. The second-order valence-electron chi connectivity index (χ2n) is 11.0. The van der Waals surface area contributed by atoms with Crippen LogP contribution < -0.4 is 10.8 Å². The highest BCUT2D eigenvalue weighted by Gasteiger charge is 2.38. The molecule has 0 unspecified atom stereocenters. The second-order valence-corrected chi connectivity index (χ2v) is 11.0. The van der Waals surface area contributed by atoms with Crippen LogP contribution in [0.4, 0.5) is 0 Å². The zero-order valence-corrected chi connectivity index (χ0v) is 22.7. The van der Waals surface area contributed by atoms with Crippen LogP contribution in [0.3, 0.4) is 0 Å². The lowest BCUT2D eigenvalue weighted by Crippen LogP contribution is -2.57. The van der Waals surface area contributed by atoms with Gasteiger partial charge in [0.2, 0.25) is 12.3 Å². The van der Waals surface area contributed by atoms with Gasteiger partial charge in [0.05, 0.1) is 13.2 Å². The molecule has 2 saturated heterocycles. The van der Waals surface area contributed by atoms with E-state index in [1.165, 1.54) is 39.5 Å². The van der Waals surface area contributed by atoms with Crippen LogP contribution in [0, 0.1) is 11.3 Å². The van der Waals surface area contributed by atoms with Gasteiger partial charge in [-0.25, -0.2) is 5.48 Å². The van der Waals surface area contributed by atoms with Crippen molar-refractivity contribution in [2.24, 2.45) is 11.3 Å². The highest BCUT2D eigenvalue weighted by Crippen LogP contribution is 2.25. The number of likely N-dealkylation sites (tertiary alicyclic amines) is 2. The normalized spacial score (nSPS) is 21.3. The minimum absolute atomic E-state index is 0.0771. The van der Waals surface area contributed by atoms with Crippen LogP contribution in [-0.2, 0) is 19.2 Å². The number of rotatable bonds is 9. The first-order chi connectivity index (χ1) is 15.9. The molecule has 0 aromatic carbocycles. The summed E-state index contributed by atoms with van der Waals surface area (Å²) in [7, 11) is 5.39. The Morgan fingerprint density at radius 3 is 2.18 bits per heavy atom. The highest BCUT2D eigenvalue weighted by atomic mass is 16.6. The van der Waals surface area contributed by atoms with Gasteiger partial charge >= 0.3 is 0 Å². The number of amides is 3. The van der Waals surface area contributed by atoms with Crippen molar-refractivity contribution in [3.8, 4) is 0 Å². The fraction of sp³-hybridized carbons (Fsp3) is 0.880. The zero-order valence-electron chi connectivity index (χ0n) is 22.7. The number of hydrogen-bond donors (Lipinski definition) is 2. The summed E-state index contributed by atoms with van der Waals surface area (Å²) in [6, 6.07) is -0.930. The number of nitrogens with zero attached hydrogens (tertiary/aromatic N) is 3. The number of likely N-dealkylation sites (N-methyl/N-ethyl adjacent to an activating group) is 1. The second kappa shape index (κ2) is 14.6. The fourth-order valence-electron chi connectivity index (χ4n) is 4.71. The lowest BCUT2D eigenvalue weighted by Gasteiger charge is -2.39. The zero-order chi connectivity index (χ0) is 25.9. The summed E-state index contributed by atoms with van der Waals surface area (Å²) in [6.07, 6.45) is 6.56. The van der Waals surface area contributed by atoms with E-state index < -0.39 is 11.5 Å². The number of carbonyl (C=O) groups excluding carboxylic acids is 3. The quantitative estimate of drug-likeness (QED) is 0.384. The van der Waals surface area contributed by atoms with Crippen molar-refractivity contribution in [1.82, 2.24) is 25.5 Å². The maximum atomic E-state index is 13.1. The molecule has 2 N–H and O–H groups in total. The Hall–Kier alpha value is -1.71. The molecule has 2 aliphatic heterocycles. The molecule has 0 radical (unpaired) electrons. The number of hydroxylamine groups is 1. The molecule has 198 valence electrons. The molecule has 3 atom stereocenters. The average molecular weight is 484 g/mol. The molecule has 2 heterocycles. The minimum Gasteiger partial charge on any atom is -0.346 e. The first-order valence-electron chi connectivity index (χ1n) is 12.7. The molecule has 0 aliphatic carbocycles. The van der Waals surface area contributed by atoms with Crippen molar-refractivity contribution >= 4 is 18.2 Å². The standard InChI is InChI=1S/C19H36N4O4.C6H13N/c1-13(2)15(11-23-10-8-9-14(23)17(25)21-27-7)22(6)18(26)16(20-12-24)19(3,4)5;1-7-5-3-2-4-6-7/h12-16H,8-11H2,1-7H3,(H,20,24)(H,21,25);2-6H2,1H3/t14-,15+,16+;/m0./s1. The van der Waals surface area contributed by atoms with Gasteiger partial charge in [0.25, 0.3) is 5.91 Å². The first kappa shape index (κ1) is 30.3. The Kier molecular flexibility index (Phi) is 13.1. The highest BCUT2D eigenvalue weighted by molar-refractivity contribution is 5.84. The summed E-state index contributed by atoms with van der Waals surface area (Å²) >= 11 is 0. The summed E-state index contributed by atoms with van der Waals surface area (Å²) in [5, 5.41) is 2.67. The average Bonchev–Trinajstić information content (AvgIpc) is 3.23. The van der Waals surface area contributed by atoms with E-state index in [2.05, 4.69) is 41.5 Å². The summed E-state index contributed by atoms with van der Waals surface area (Å²) in [6.45, 7) is 14.0. The van der Waals surface area contributed by atoms with E-state index >= 15 is 0 Å². The van der Waals surface area contributed by atoms with E-state index in [-0.39, 0.29) is 29.8 Å². The molecule has 2 fully saturated rings. The van der Waals surface area contributed by atoms with E-state index in [0.29, 0.717) is 13.0 Å². The summed E-state index contributed by atoms with van der Waals surface area (Å²) in [5.74, 6) is -0.0744. The van der Waals surface area contributed by atoms with Crippen molar-refractivity contribution in [2.45, 2.75) is 84.8 Å². The van der Waals surface area contributed by atoms with Crippen molar-refractivity contribution in [3.05, 3.63) is 0 Å². The van der Waals surface area contributed by atoms with Crippen molar-refractivity contribution in [1.29, 1.82) is 0 Å². The Morgan fingerprint density at radius 1 is 1.12 bits per heavy atom. The van der Waals surface area contributed by atoms with Gasteiger partial charge in [0.1, 0.15) is 6.04 Å². The lowest BCUT2D eigenvalue weighted by molar-refractivity contribution is -0.140. The third-order valence-corrected chi connectivity index (χ3v) is 6.83. The molecule has 2 aliphatic rings. The predicted octanol–water partition coefficient (Wildman–Crippen LogP) is 1.87. The van der Waals surface area contributed by atoms with Crippen molar-refractivity contribution < 1.29 is 19.2 Å². The Balaban J connectivity index is 0.000000700. The lowest BCUT2D eigenvalue weighted by atomic mass is 9.85. The molecule has 3 amide bonds. The van der Waals surface area contributed by atoms with Crippen LogP contribution >= 0.6 is 0 Å². The summed E-state index contributed by atoms with van der Waals surface area (Å²) < 4.78 is 0. The molecule has 34 heavy (non-hydrogen) atoms. The van der Waals surface area contributed by atoms with Gasteiger partial charge in [-0.15, -0.1) is 0 Å². The molecule has 0 aromatic heterocycles. The Bertz CT molecular complexity index is 631. The van der Waals surface area contributed by atoms with Gasteiger partial charge in [-0.3, -0.25) is 24.1 Å². The van der Waals surface area contributed by atoms with Gasteiger partial charge in [-0.1, -0.05) is 41.0 Å². The predicted molar refractivity (Wildman–Crippen MR) is 135 cm³/mol. The molecule has 0 saturated carbocycles. The Morgan fingerprint density at radius 2 is 1.74 bits per heavy atom. The molecule has 9 nitrogen and oxygen atoms in total. The smallest absolute Gasteiger partial charge is 0.260 e. The first-order valence-corrected chi connectivity index (χ1v) is 12.7. The maximum absolute atomic E-state index is 13.1. The molecule has 0 spiro atoms. The van der Waals surface area contributed by atoms with Crippen molar-refractivity contribution in [3.63, 3.8) is 0 Å². The Labute approximate surface area is 206 Å². The van der Waals surface area contributed by atoms with Crippen LogP contribution in [0.2, 0.25) is 0 Å². The molecule has 0 bridgehead atoms. The number of nitrogens with one attached hydrogen (secondary N) is 2. The van der Waals surface area contributed by atoms with Crippen LogP contribution in [-0.4, -0.2) is 98.4 Å². The molecular formula is C25H49N5O4. The largest absolute Gasteiger partial charge is 0.346 e. The maximum Gasteiger partial charge on any atom is 0.260 e. The van der Waals surface area contributed by atoms with Crippen LogP contribution in [0.25, 0.3) is 0 Å². The molecular weight excluding hydrogens is 434 g/mol. The third-order valence-electron chi connectivity index (χ3n) is 6.83. The van der Waals surface area contributed by atoms with E-state index in [4.69, 9.17) is 4.84 Å². The van der Waals surface area contributed by atoms with Gasteiger partial charge in [0, 0.05) is 19.6 Å². The van der Waals surface area contributed by atoms with E-state index in [1.807, 2.05) is 20.8 Å². The summed E-state index contributed by atoms with van der Waals surface area (Å²) in [4.78, 5) is 47.3. The van der Waals surface area contributed by atoms with Gasteiger partial charge < -0.3 is 15.1 Å². The van der Waals surface area contributed by atoms with Crippen LogP contribution in [0.1, 0.15) is 66.7 Å². The molecule has 0 aromatic rings. The number of carbonyl (C=O) groups is 3. The van der Waals surface area contributed by atoms with E-state index in [9.17, 15) is 14.4 Å².